The molecule has 33 heavy (non-hydrogen) atoms. The first-order valence-electron chi connectivity index (χ1n) is 11.8. The van der Waals surface area contributed by atoms with Gasteiger partial charge in [-0.05, 0) is 49.8 Å². The number of nitrogens with one attached hydrogen (secondary N) is 1. The quantitative estimate of drug-likeness (QED) is 0.624. The summed E-state index contributed by atoms with van der Waals surface area (Å²) in [5.41, 5.74) is 1.37. The van der Waals surface area contributed by atoms with E-state index < -0.39 is 5.54 Å². The van der Waals surface area contributed by atoms with Crippen molar-refractivity contribution in [3.63, 3.8) is 0 Å². The molecule has 2 aromatic rings. The van der Waals surface area contributed by atoms with Crippen LogP contribution in [0.4, 0.5) is 0 Å². The zero-order chi connectivity index (χ0) is 23.3. The van der Waals surface area contributed by atoms with Gasteiger partial charge in [-0.15, -0.1) is 0 Å². The first kappa shape index (κ1) is 23.0. The molecule has 0 spiro atoms. The maximum atomic E-state index is 13.1. The van der Waals surface area contributed by atoms with E-state index in [0.29, 0.717) is 50.8 Å². The molecule has 2 aliphatic heterocycles. The van der Waals surface area contributed by atoms with Crippen LogP contribution in [0.15, 0.2) is 54.6 Å². The molecule has 174 valence electrons. The summed E-state index contributed by atoms with van der Waals surface area (Å²) in [7, 11) is 1.64. The van der Waals surface area contributed by atoms with E-state index in [0.717, 1.165) is 24.2 Å². The summed E-state index contributed by atoms with van der Waals surface area (Å²) < 4.78 is 5.34. The van der Waals surface area contributed by atoms with Gasteiger partial charge in [0.15, 0.2) is 5.78 Å². The Hall–Kier alpha value is -3.15. The van der Waals surface area contributed by atoms with Gasteiger partial charge in [0.1, 0.15) is 5.75 Å². The van der Waals surface area contributed by atoms with Crippen molar-refractivity contribution < 1.29 is 19.1 Å². The number of carbonyl (C=O) groups is 3. The Bertz CT molecular complexity index is 1010. The monoisotopic (exact) mass is 448 g/mol. The molecule has 1 N–H and O–H groups in total. The van der Waals surface area contributed by atoms with E-state index in [-0.39, 0.29) is 23.5 Å². The van der Waals surface area contributed by atoms with Gasteiger partial charge in [-0.25, -0.2) is 0 Å². The summed E-state index contributed by atoms with van der Waals surface area (Å²) in [6.07, 6.45) is 4.45. The van der Waals surface area contributed by atoms with Crippen molar-refractivity contribution in [3.05, 3.63) is 65.7 Å². The number of hydrogen-bond donors (Lipinski definition) is 1. The minimum Gasteiger partial charge on any atom is -0.497 e. The second kappa shape index (κ2) is 10.2. The van der Waals surface area contributed by atoms with E-state index in [9.17, 15) is 14.4 Å². The fourth-order valence-electron chi connectivity index (χ4n) is 5.12. The lowest BCUT2D eigenvalue weighted by molar-refractivity contribution is -0.133. The number of ether oxygens (including phenoxy) is 1. The number of Topliss-reactive ketones (excluding diaryl/α,β-unsaturated/α-hetero) is 1. The van der Waals surface area contributed by atoms with Gasteiger partial charge in [0.2, 0.25) is 11.8 Å². The van der Waals surface area contributed by atoms with Crippen LogP contribution in [0.1, 0.15) is 54.4 Å². The molecule has 0 radical (unpaired) electrons. The van der Waals surface area contributed by atoms with Crippen LogP contribution in [0.2, 0.25) is 0 Å². The fourth-order valence-corrected chi connectivity index (χ4v) is 5.12. The third kappa shape index (κ3) is 5.62. The van der Waals surface area contributed by atoms with E-state index >= 15 is 0 Å². The van der Waals surface area contributed by atoms with Crippen molar-refractivity contribution in [1.29, 1.82) is 0 Å². The van der Waals surface area contributed by atoms with Gasteiger partial charge in [0, 0.05) is 43.0 Å². The topological polar surface area (TPSA) is 75.7 Å². The molecule has 2 saturated heterocycles. The van der Waals surface area contributed by atoms with Gasteiger partial charge in [0.25, 0.3) is 0 Å². The molecule has 2 fully saturated rings. The summed E-state index contributed by atoms with van der Waals surface area (Å²) in [6, 6.07) is 17.2. The maximum Gasteiger partial charge on any atom is 0.222 e. The molecule has 2 aliphatic rings. The number of rotatable bonds is 8. The summed E-state index contributed by atoms with van der Waals surface area (Å²) in [5, 5.41) is 3.16. The molecule has 0 saturated carbocycles. The molecule has 2 heterocycles. The smallest absolute Gasteiger partial charge is 0.222 e. The van der Waals surface area contributed by atoms with Gasteiger partial charge in [-0.3, -0.25) is 14.4 Å². The molecule has 0 aliphatic carbocycles. The number of piperidine rings is 1. The minimum atomic E-state index is -0.422. The highest BCUT2D eigenvalue weighted by atomic mass is 16.5. The Morgan fingerprint density at radius 2 is 1.97 bits per heavy atom. The fraction of sp³-hybridized carbons (Fsp3) is 0.444. The SMILES string of the molecule is COc1cccc(C[C@]2(CCC(=O)N3CCC[C@@H](C(=O)c4ccccc4)C3)CCC(=O)N2)c1. The molecule has 6 heteroatoms. The standard InChI is InChI=1S/C27H32N2O4/c1-33-23-11-5-7-20(17-23)18-27(14-12-24(30)28-27)15-13-25(31)29-16-6-10-22(19-29)26(32)21-8-3-2-4-9-21/h2-5,7-9,11,17,22H,6,10,12-16,18-19H2,1H3,(H,28,30)/t22-,27-/m1/s1. The Morgan fingerprint density at radius 3 is 2.70 bits per heavy atom. The van der Waals surface area contributed by atoms with Gasteiger partial charge >= 0.3 is 0 Å². The van der Waals surface area contributed by atoms with Crippen LogP contribution in [0.3, 0.4) is 0 Å². The lowest BCUT2D eigenvalue weighted by Gasteiger charge is -2.34. The summed E-state index contributed by atoms with van der Waals surface area (Å²) in [5.74, 6) is 0.849. The highest BCUT2D eigenvalue weighted by molar-refractivity contribution is 5.98. The van der Waals surface area contributed by atoms with Crippen LogP contribution in [-0.2, 0) is 16.0 Å². The lowest BCUT2D eigenvalue weighted by Crippen LogP contribution is -2.46. The van der Waals surface area contributed by atoms with Crippen LogP contribution in [-0.4, -0.2) is 48.2 Å². The Labute approximate surface area is 195 Å². The predicted molar refractivity (Wildman–Crippen MR) is 126 cm³/mol. The second-order valence-corrected chi connectivity index (χ2v) is 9.27. The third-order valence-electron chi connectivity index (χ3n) is 6.93. The number of hydrogen-bond acceptors (Lipinski definition) is 4. The number of methoxy groups -OCH3 is 1. The van der Waals surface area contributed by atoms with Crippen molar-refractivity contribution in [3.8, 4) is 5.75 Å². The summed E-state index contributed by atoms with van der Waals surface area (Å²) in [6.45, 7) is 1.16. The van der Waals surface area contributed by atoms with Crippen LogP contribution < -0.4 is 10.1 Å². The number of carbonyl (C=O) groups excluding carboxylic acids is 3. The summed E-state index contributed by atoms with van der Waals surface area (Å²) in [4.78, 5) is 39.9. The normalized spacial score (nSPS) is 22.6. The molecule has 2 atom stereocenters. The van der Waals surface area contributed by atoms with Crippen molar-refractivity contribution in [2.45, 2.75) is 50.5 Å². The van der Waals surface area contributed by atoms with Gasteiger partial charge in [0.05, 0.1) is 7.11 Å². The Kier molecular flexibility index (Phi) is 7.11. The van der Waals surface area contributed by atoms with Gasteiger partial charge in [-0.2, -0.15) is 0 Å². The third-order valence-corrected chi connectivity index (χ3v) is 6.93. The first-order valence-corrected chi connectivity index (χ1v) is 11.8. The van der Waals surface area contributed by atoms with Crippen LogP contribution in [0.5, 0.6) is 5.75 Å². The number of ketones is 1. The lowest BCUT2D eigenvalue weighted by atomic mass is 9.84. The molecule has 6 nitrogen and oxygen atoms in total. The second-order valence-electron chi connectivity index (χ2n) is 9.27. The zero-order valence-corrected chi connectivity index (χ0v) is 19.2. The van der Waals surface area contributed by atoms with E-state index in [4.69, 9.17) is 4.74 Å². The molecule has 0 unspecified atom stereocenters. The molecule has 0 bridgehead atoms. The first-order chi connectivity index (χ1) is 16.0. The van der Waals surface area contributed by atoms with E-state index in [2.05, 4.69) is 5.32 Å². The van der Waals surface area contributed by atoms with Crippen LogP contribution in [0.25, 0.3) is 0 Å². The predicted octanol–water partition coefficient (Wildman–Crippen LogP) is 3.79. The molecule has 2 aromatic carbocycles. The number of nitrogens with zero attached hydrogens (tertiary/aromatic N) is 1. The number of amides is 2. The molecule has 4 rings (SSSR count). The zero-order valence-electron chi connectivity index (χ0n) is 19.2. The highest BCUT2D eigenvalue weighted by Gasteiger charge is 2.39. The van der Waals surface area contributed by atoms with E-state index in [1.165, 1.54) is 0 Å². The van der Waals surface area contributed by atoms with Gasteiger partial charge in [-0.1, -0.05) is 42.5 Å². The molecule has 0 aromatic heterocycles. The van der Waals surface area contributed by atoms with Crippen molar-refractivity contribution >= 4 is 17.6 Å². The van der Waals surface area contributed by atoms with Crippen molar-refractivity contribution in [1.82, 2.24) is 10.2 Å². The van der Waals surface area contributed by atoms with E-state index in [1.807, 2.05) is 59.5 Å². The molecular weight excluding hydrogens is 416 g/mol. The number of likely N-dealkylation sites (tertiary alicyclic amines) is 1. The maximum absolute atomic E-state index is 13.1. The van der Waals surface area contributed by atoms with Gasteiger partial charge < -0.3 is 15.0 Å². The van der Waals surface area contributed by atoms with Crippen molar-refractivity contribution in [2.24, 2.45) is 5.92 Å². The molecular formula is C27H32N2O4. The largest absolute Gasteiger partial charge is 0.497 e. The minimum absolute atomic E-state index is 0.0387. The highest BCUT2D eigenvalue weighted by Crippen LogP contribution is 2.31. The molecule has 2 amide bonds. The Morgan fingerprint density at radius 1 is 1.15 bits per heavy atom. The van der Waals surface area contributed by atoms with Crippen LogP contribution in [0, 0.1) is 5.92 Å². The van der Waals surface area contributed by atoms with Crippen LogP contribution >= 0.6 is 0 Å². The van der Waals surface area contributed by atoms with E-state index in [1.54, 1.807) is 7.11 Å². The average Bonchev–Trinajstić information content (AvgIpc) is 3.23. The number of benzene rings is 2. The average molecular weight is 449 g/mol. The summed E-state index contributed by atoms with van der Waals surface area (Å²) >= 11 is 0. The Balaban J connectivity index is 1.39. The van der Waals surface area contributed by atoms with Crippen molar-refractivity contribution in [2.75, 3.05) is 20.2 Å².